The number of likely N-dealkylation sites (tertiary alicyclic amines) is 1. The Bertz CT molecular complexity index is 955. The molecule has 1 aromatic heterocycles. The lowest BCUT2D eigenvalue weighted by molar-refractivity contribution is -0.385. The van der Waals surface area contributed by atoms with E-state index in [2.05, 4.69) is 15.5 Å². The summed E-state index contributed by atoms with van der Waals surface area (Å²) in [6.45, 7) is 2.06. The summed E-state index contributed by atoms with van der Waals surface area (Å²) in [5.41, 5.74) is 0.724. The molecule has 0 spiro atoms. The molecule has 2 aliphatic rings. The summed E-state index contributed by atoms with van der Waals surface area (Å²) in [6, 6.07) is 3.68. The molecule has 9 nitrogen and oxygen atoms in total. The number of hydrogen-bond donors (Lipinski definition) is 1. The van der Waals surface area contributed by atoms with Gasteiger partial charge in [-0.2, -0.15) is 0 Å². The van der Waals surface area contributed by atoms with Crippen molar-refractivity contribution in [3.05, 3.63) is 44.4 Å². The van der Waals surface area contributed by atoms with E-state index in [1.807, 2.05) is 0 Å². The molecule has 2 aromatic rings. The summed E-state index contributed by atoms with van der Waals surface area (Å²) >= 11 is 1.38. The fourth-order valence-electron chi connectivity index (χ4n) is 3.41. The maximum Gasteiger partial charge on any atom is 0.272 e. The van der Waals surface area contributed by atoms with Crippen LogP contribution in [0, 0.1) is 17.0 Å². The molecule has 1 aliphatic carbocycles. The van der Waals surface area contributed by atoms with Gasteiger partial charge in [0.05, 0.1) is 4.92 Å². The molecule has 2 amide bonds. The van der Waals surface area contributed by atoms with E-state index < -0.39 is 11.0 Å². The zero-order valence-electron chi connectivity index (χ0n) is 15.3. The van der Waals surface area contributed by atoms with Crippen molar-refractivity contribution < 1.29 is 14.5 Å². The highest BCUT2D eigenvalue weighted by atomic mass is 32.1. The Hall–Kier alpha value is -2.88. The van der Waals surface area contributed by atoms with Crippen LogP contribution in [0.25, 0.3) is 0 Å². The second kappa shape index (κ2) is 7.27. The van der Waals surface area contributed by atoms with Gasteiger partial charge in [-0.05, 0) is 44.7 Å². The third kappa shape index (κ3) is 3.59. The number of nitrogens with one attached hydrogen (secondary N) is 1. The highest BCUT2D eigenvalue weighted by molar-refractivity contribution is 7.15. The van der Waals surface area contributed by atoms with E-state index in [0.717, 1.165) is 24.3 Å². The highest BCUT2D eigenvalue weighted by Crippen LogP contribution is 2.42. The third-order valence-corrected chi connectivity index (χ3v) is 6.06. The van der Waals surface area contributed by atoms with Gasteiger partial charge in [0.1, 0.15) is 11.0 Å². The Kier molecular flexibility index (Phi) is 4.80. The van der Waals surface area contributed by atoms with E-state index in [1.54, 1.807) is 6.92 Å². The average molecular weight is 401 g/mol. The minimum absolute atomic E-state index is 0.0324. The summed E-state index contributed by atoms with van der Waals surface area (Å²) in [6.07, 6.45) is 3.52. The van der Waals surface area contributed by atoms with Gasteiger partial charge in [0, 0.05) is 29.7 Å². The summed E-state index contributed by atoms with van der Waals surface area (Å²) in [7, 11) is 0. The monoisotopic (exact) mass is 401 g/mol. The first-order valence-corrected chi connectivity index (χ1v) is 9.96. The predicted molar refractivity (Wildman–Crippen MR) is 102 cm³/mol. The smallest absolute Gasteiger partial charge is 0.272 e. The molecule has 4 rings (SSSR count). The fourth-order valence-corrected chi connectivity index (χ4v) is 4.33. The molecular weight excluding hydrogens is 382 g/mol. The number of carbonyl (C=O) groups excluding carboxylic acids is 2. The average Bonchev–Trinajstić information content (AvgIpc) is 3.21. The molecule has 1 saturated carbocycles. The van der Waals surface area contributed by atoms with Crippen molar-refractivity contribution in [2.24, 2.45) is 0 Å². The summed E-state index contributed by atoms with van der Waals surface area (Å²) < 4.78 is 0. The van der Waals surface area contributed by atoms with Crippen LogP contribution < -0.4 is 5.32 Å². The Morgan fingerprint density at radius 1 is 1.29 bits per heavy atom. The van der Waals surface area contributed by atoms with E-state index in [0.29, 0.717) is 35.1 Å². The van der Waals surface area contributed by atoms with Crippen LogP contribution in [-0.2, 0) is 4.79 Å². The molecule has 2 heterocycles. The number of aromatic nitrogens is 2. The lowest BCUT2D eigenvalue weighted by atomic mass is 10.1. The van der Waals surface area contributed by atoms with Crippen LogP contribution in [0.5, 0.6) is 0 Å². The van der Waals surface area contributed by atoms with E-state index in [1.165, 1.54) is 34.4 Å². The minimum atomic E-state index is -0.587. The van der Waals surface area contributed by atoms with Gasteiger partial charge in [-0.15, -0.1) is 10.2 Å². The van der Waals surface area contributed by atoms with Crippen molar-refractivity contribution in [2.45, 2.75) is 44.6 Å². The summed E-state index contributed by atoms with van der Waals surface area (Å²) in [5, 5.41) is 23.3. The second-order valence-corrected chi connectivity index (χ2v) is 8.13. The standard InChI is InChI=1S/C18H19N5O4S/c1-10-9-12(6-7-13(10)23(26)27)17(25)22-8-2-3-14(22)15(24)19-18-21-20-16(28-18)11-4-5-11/h6-7,9,11,14H,2-5,8H2,1H3,(H,19,21,24). The Morgan fingerprint density at radius 2 is 2.07 bits per heavy atom. The number of benzene rings is 1. The number of nitrogens with zero attached hydrogens (tertiary/aromatic N) is 4. The van der Waals surface area contributed by atoms with Crippen molar-refractivity contribution in [1.82, 2.24) is 15.1 Å². The maximum atomic E-state index is 12.9. The zero-order chi connectivity index (χ0) is 19.8. The molecule has 0 bridgehead atoms. The lowest BCUT2D eigenvalue weighted by Gasteiger charge is -2.23. The van der Waals surface area contributed by atoms with Crippen LogP contribution >= 0.6 is 11.3 Å². The van der Waals surface area contributed by atoms with Crippen LogP contribution in [0.1, 0.15) is 52.5 Å². The molecule has 1 aromatic carbocycles. The summed E-state index contributed by atoms with van der Waals surface area (Å²) in [5.74, 6) is -0.104. The predicted octanol–water partition coefficient (Wildman–Crippen LogP) is 2.88. The van der Waals surface area contributed by atoms with Crippen molar-refractivity contribution in [2.75, 3.05) is 11.9 Å². The van der Waals surface area contributed by atoms with Gasteiger partial charge in [-0.3, -0.25) is 25.0 Å². The lowest BCUT2D eigenvalue weighted by Crippen LogP contribution is -2.43. The third-order valence-electron chi connectivity index (χ3n) is 5.05. The molecule has 28 heavy (non-hydrogen) atoms. The molecule has 2 fully saturated rings. The van der Waals surface area contributed by atoms with Gasteiger partial charge < -0.3 is 4.90 Å². The maximum absolute atomic E-state index is 12.9. The number of carbonyl (C=O) groups is 2. The Balaban J connectivity index is 1.47. The van der Waals surface area contributed by atoms with E-state index in [9.17, 15) is 19.7 Å². The van der Waals surface area contributed by atoms with Gasteiger partial charge in [-0.25, -0.2) is 0 Å². The summed E-state index contributed by atoms with van der Waals surface area (Å²) in [4.78, 5) is 37.6. The Morgan fingerprint density at radius 3 is 2.75 bits per heavy atom. The molecule has 0 radical (unpaired) electrons. The Labute approximate surface area is 164 Å². The second-order valence-electron chi connectivity index (χ2n) is 7.12. The van der Waals surface area contributed by atoms with Gasteiger partial charge in [0.15, 0.2) is 0 Å². The molecule has 1 atom stereocenters. The van der Waals surface area contributed by atoms with Crippen molar-refractivity contribution in [1.29, 1.82) is 0 Å². The van der Waals surface area contributed by atoms with E-state index in [4.69, 9.17) is 0 Å². The minimum Gasteiger partial charge on any atom is -0.327 e. The van der Waals surface area contributed by atoms with Gasteiger partial charge in [0.25, 0.3) is 11.6 Å². The number of rotatable bonds is 5. The van der Waals surface area contributed by atoms with Crippen LogP contribution in [-0.4, -0.2) is 44.4 Å². The first-order valence-electron chi connectivity index (χ1n) is 9.14. The molecule has 1 N–H and O–H groups in total. The van der Waals surface area contributed by atoms with E-state index in [-0.39, 0.29) is 17.5 Å². The number of aryl methyl sites for hydroxylation is 1. The van der Waals surface area contributed by atoms with Crippen LogP contribution in [0.2, 0.25) is 0 Å². The van der Waals surface area contributed by atoms with Crippen molar-refractivity contribution >= 4 is 34.0 Å². The van der Waals surface area contributed by atoms with Crippen molar-refractivity contribution in [3.8, 4) is 0 Å². The molecule has 1 aliphatic heterocycles. The van der Waals surface area contributed by atoms with E-state index >= 15 is 0 Å². The highest BCUT2D eigenvalue weighted by Gasteiger charge is 2.35. The quantitative estimate of drug-likeness (QED) is 0.608. The van der Waals surface area contributed by atoms with Gasteiger partial charge >= 0.3 is 0 Å². The number of amides is 2. The molecule has 10 heteroatoms. The van der Waals surface area contributed by atoms with Crippen LogP contribution in [0.3, 0.4) is 0 Å². The molecule has 1 unspecified atom stereocenters. The van der Waals surface area contributed by atoms with Crippen LogP contribution in [0.4, 0.5) is 10.8 Å². The van der Waals surface area contributed by atoms with Crippen molar-refractivity contribution in [3.63, 3.8) is 0 Å². The first kappa shape index (κ1) is 18.5. The topological polar surface area (TPSA) is 118 Å². The van der Waals surface area contributed by atoms with Gasteiger partial charge in [0.2, 0.25) is 11.0 Å². The number of nitro groups is 1. The van der Waals surface area contributed by atoms with Gasteiger partial charge in [-0.1, -0.05) is 11.3 Å². The number of nitro benzene ring substituents is 1. The fraction of sp³-hybridized carbons (Fsp3) is 0.444. The number of anilines is 1. The van der Waals surface area contributed by atoms with Crippen LogP contribution in [0.15, 0.2) is 18.2 Å². The molecular formula is C18H19N5O4S. The molecule has 1 saturated heterocycles. The largest absolute Gasteiger partial charge is 0.327 e. The SMILES string of the molecule is Cc1cc(C(=O)N2CCCC2C(=O)Nc2nnc(C3CC3)s2)ccc1[N+](=O)[O-]. The first-order chi connectivity index (χ1) is 13.4. The normalized spacial score (nSPS) is 18.9. The zero-order valence-corrected chi connectivity index (χ0v) is 16.1. The number of hydrogen-bond acceptors (Lipinski definition) is 7. The molecule has 146 valence electrons.